The molecule has 3 atom stereocenters. The van der Waals surface area contributed by atoms with Crippen molar-refractivity contribution in [2.75, 3.05) is 27.6 Å². The van der Waals surface area contributed by atoms with Gasteiger partial charge in [0.2, 0.25) is 6.79 Å². The summed E-state index contributed by atoms with van der Waals surface area (Å²) in [7, 11) is 3.11. The number of ether oxygens (including phenoxy) is 4. The van der Waals surface area contributed by atoms with Crippen molar-refractivity contribution >= 4 is 5.97 Å². The number of aliphatic hydroxyl groups excluding tert-OH is 1. The summed E-state index contributed by atoms with van der Waals surface area (Å²) in [5.74, 6) is -0.297. The number of carboxylic acid groups (broad SMARTS) is 1. The molecule has 0 spiro atoms. The molecule has 0 amide bonds. The van der Waals surface area contributed by atoms with Crippen LogP contribution in [0.1, 0.15) is 22.6 Å². The third-order valence-corrected chi connectivity index (χ3v) is 5.61. The first-order valence-corrected chi connectivity index (χ1v) is 9.05. The number of aliphatic hydroxyl groups is 1. The fourth-order valence-electron chi connectivity index (χ4n) is 4.31. The predicted molar refractivity (Wildman–Crippen MR) is 99.4 cm³/mol. The molecule has 7 heteroatoms. The molecule has 3 unspecified atom stereocenters. The molecule has 2 bridgehead atoms. The van der Waals surface area contributed by atoms with Crippen LogP contribution in [0, 0.1) is 11.8 Å². The molecule has 2 N–H and O–H groups in total. The fourth-order valence-corrected chi connectivity index (χ4v) is 4.31. The SMILES string of the molecule is COc1cc2c(cc1OC)C(c1ccc3cc1OCO3)C(C(=O)O)C(CO)C2. The number of carbonyl (C=O) groups is 1. The highest BCUT2D eigenvalue weighted by molar-refractivity contribution is 5.75. The smallest absolute Gasteiger partial charge is 0.307 e. The molecule has 0 saturated carbocycles. The van der Waals surface area contributed by atoms with Crippen LogP contribution in [0.15, 0.2) is 30.3 Å². The van der Waals surface area contributed by atoms with Gasteiger partial charge in [-0.1, -0.05) is 6.07 Å². The molecule has 0 saturated heterocycles. The van der Waals surface area contributed by atoms with Gasteiger partial charge in [0, 0.05) is 30.1 Å². The molecular weight excluding hydrogens is 364 g/mol. The minimum absolute atomic E-state index is 0.0850. The Kier molecular flexibility index (Phi) is 4.77. The number of rotatable bonds is 5. The summed E-state index contributed by atoms with van der Waals surface area (Å²) >= 11 is 0. The van der Waals surface area contributed by atoms with Gasteiger partial charge in [0.1, 0.15) is 11.5 Å². The molecule has 0 aromatic heterocycles. The van der Waals surface area contributed by atoms with Crippen LogP contribution in [-0.4, -0.2) is 43.8 Å². The van der Waals surface area contributed by atoms with E-state index in [1.807, 2.05) is 24.3 Å². The normalized spacial score (nSPS) is 22.5. The highest BCUT2D eigenvalue weighted by Crippen LogP contribution is 2.50. The zero-order chi connectivity index (χ0) is 19.8. The van der Waals surface area contributed by atoms with Crippen molar-refractivity contribution in [3.8, 4) is 23.0 Å². The van der Waals surface area contributed by atoms with Gasteiger partial charge in [-0.05, 0) is 35.7 Å². The third-order valence-electron chi connectivity index (χ3n) is 5.61. The molecule has 4 rings (SSSR count). The van der Waals surface area contributed by atoms with Crippen molar-refractivity contribution in [3.05, 3.63) is 47.0 Å². The van der Waals surface area contributed by atoms with Crippen LogP contribution in [-0.2, 0) is 11.2 Å². The Bertz CT molecular complexity index is 908. The maximum Gasteiger partial charge on any atom is 0.307 e. The molecule has 2 aromatic carbocycles. The van der Waals surface area contributed by atoms with Gasteiger partial charge in [-0.3, -0.25) is 4.79 Å². The second-order valence-electron chi connectivity index (χ2n) is 7.00. The first kappa shape index (κ1) is 18.4. The third kappa shape index (κ3) is 2.92. The van der Waals surface area contributed by atoms with Gasteiger partial charge in [-0.25, -0.2) is 0 Å². The summed E-state index contributed by atoms with van der Waals surface area (Å²) in [6, 6.07) is 9.11. The largest absolute Gasteiger partial charge is 0.493 e. The summed E-state index contributed by atoms with van der Waals surface area (Å²) in [5, 5.41) is 20.0. The summed E-state index contributed by atoms with van der Waals surface area (Å²) in [4.78, 5) is 12.2. The van der Waals surface area contributed by atoms with E-state index in [0.717, 1.165) is 16.7 Å². The Labute approximate surface area is 162 Å². The second kappa shape index (κ2) is 7.24. The number of fused-ring (bicyclic) bond motifs is 3. The predicted octanol–water partition coefficient (Wildman–Crippen LogP) is 2.43. The van der Waals surface area contributed by atoms with Gasteiger partial charge in [-0.15, -0.1) is 0 Å². The first-order valence-electron chi connectivity index (χ1n) is 9.05. The summed E-state index contributed by atoms with van der Waals surface area (Å²) in [6.07, 6.45) is 0.442. The Morgan fingerprint density at radius 3 is 2.54 bits per heavy atom. The van der Waals surface area contributed by atoms with Crippen LogP contribution >= 0.6 is 0 Å². The van der Waals surface area contributed by atoms with E-state index in [1.165, 1.54) is 0 Å². The zero-order valence-electron chi connectivity index (χ0n) is 15.7. The van der Waals surface area contributed by atoms with Crippen LogP contribution in [0.3, 0.4) is 0 Å². The van der Waals surface area contributed by atoms with E-state index in [-0.39, 0.29) is 13.4 Å². The number of carboxylic acids is 1. The van der Waals surface area contributed by atoms with E-state index in [4.69, 9.17) is 18.9 Å². The standard InChI is InChI=1S/C21H22O7/c1-25-17-6-11-5-12(9-22)19(21(23)24)20(15(11)8-18(17)26-2)14-4-3-13-7-16(14)28-10-27-13/h3-4,6-8,12,19-20,22H,5,9-10H2,1-2H3,(H,23,24). The molecule has 2 aliphatic rings. The van der Waals surface area contributed by atoms with E-state index in [9.17, 15) is 15.0 Å². The Hall–Kier alpha value is -2.93. The van der Waals surface area contributed by atoms with Crippen LogP contribution in [0.2, 0.25) is 0 Å². The minimum Gasteiger partial charge on any atom is -0.493 e. The Balaban J connectivity index is 1.94. The van der Waals surface area contributed by atoms with Gasteiger partial charge >= 0.3 is 5.97 Å². The molecule has 28 heavy (non-hydrogen) atoms. The van der Waals surface area contributed by atoms with Crippen molar-refractivity contribution in [2.24, 2.45) is 11.8 Å². The van der Waals surface area contributed by atoms with Crippen molar-refractivity contribution < 1.29 is 34.0 Å². The van der Waals surface area contributed by atoms with E-state index in [1.54, 1.807) is 20.3 Å². The lowest BCUT2D eigenvalue weighted by Crippen LogP contribution is -2.38. The highest BCUT2D eigenvalue weighted by Gasteiger charge is 2.43. The van der Waals surface area contributed by atoms with Crippen molar-refractivity contribution in [2.45, 2.75) is 12.3 Å². The lowest BCUT2D eigenvalue weighted by Gasteiger charge is -2.38. The molecule has 148 valence electrons. The molecule has 2 aromatic rings. The summed E-state index contributed by atoms with van der Waals surface area (Å²) in [5.41, 5.74) is 2.53. The van der Waals surface area contributed by atoms with Crippen LogP contribution in [0.4, 0.5) is 0 Å². The van der Waals surface area contributed by atoms with Crippen LogP contribution < -0.4 is 18.9 Å². The van der Waals surface area contributed by atoms with Crippen LogP contribution in [0.5, 0.6) is 23.0 Å². The van der Waals surface area contributed by atoms with E-state index in [2.05, 4.69) is 0 Å². The second-order valence-corrected chi connectivity index (χ2v) is 7.00. The Morgan fingerprint density at radius 2 is 1.86 bits per heavy atom. The molecule has 1 aliphatic carbocycles. The van der Waals surface area contributed by atoms with Gasteiger partial charge in [0.05, 0.1) is 20.1 Å². The topological polar surface area (TPSA) is 94.5 Å². The quantitative estimate of drug-likeness (QED) is 0.815. The lowest BCUT2D eigenvalue weighted by atomic mass is 9.66. The molecule has 1 heterocycles. The number of aliphatic carboxylic acids is 1. The van der Waals surface area contributed by atoms with E-state index in [0.29, 0.717) is 29.4 Å². The number of benzene rings is 2. The molecule has 0 fully saturated rings. The Morgan fingerprint density at radius 1 is 1.11 bits per heavy atom. The molecule has 0 radical (unpaired) electrons. The van der Waals surface area contributed by atoms with Gasteiger partial charge in [0.25, 0.3) is 0 Å². The first-order chi connectivity index (χ1) is 13.6. The highest BCUT2D eigenvalue weighted by atomic mass is 16.7. The van der Waals surface area contributed by atoms with Gasteiger partial charge in [0.15, 0.2) is 11.5 Å². The molecule has 7 nitrogen and oxygen atoms in total. The fraction of sp³-hybridized carbons (Fsp3) is 0.381. The zero-order valence-corrected chi connectivity index (χ0v) is 15.7. The molecular formula is C21H22O7. The molecule has 1 aliphatic heterocycles. The van der Waals surface area contributed by atoms with E-state index >= 15 is 0 Å². The number of methoxy groups -OCH3 is 2. The van der Waals surface area contributed by atoms with Gasteiger partial charge < -0.3 is 29.2 Å². The monoisotopic (exact) mass is 386 g/mol. The summed E-state index contributed by atoms with van der Waals surface area (Å²) < 4.78 is 21.9. The number of hydrogen-bond acceptors (Lipinski definition) is 6. The number of hydrogen-bond donors (Lipinski definition) is 2. The average Bonchev–Trinajstić information content (AvgIpc) is 2.71. The lowest BCUT2D eigenvalue weighted by molar-refractivity contribution is -0.145. The van der Waals surface area contributed by atoms with Crippen molar-refractivity contribution in [3.63, 3.8) is 0 Å². The van der Waals surface area contributed by atoms with Crippen LogP contribution in [0.25, 0.3) is 0 Å². The maximum atomic E-state index is 12.2. The summed E-state index contributed by atoms with van der Waals surface area (Å²) in [6.45, 7) is -0.139. The van der Waals surface area contributed by atoms with Crippen molar-refractivity contribution in [1.82, 2.24) is 0 Å². The van der Waals surface area contributed by atoms with E-state index < -0.39 is 23.7 Å². The van der Waals surface area contributed by atoms with Gasteiger partial charge in [-0.2, -0.15) is 0 Å². The average molecular weight is 386 g/mol. The maximum absolute atomic E-state index is 12.2. The van der Waals surface area contributed by atoms with Crippen molar-refractivity contribution in [1.29, 1.82) is 0 Å². The minimum atomic E-state index is -0.951.